The Morgan fingerprint density at radius 1 is 1.14 bits per heavy atom. The molecular weight excluding hydrogens is 363 g/mol. The summed E-state index contributed by atoms with van der Waals surface area (Å²) < 4.78 is 13.8. The molecule has 3 N–H and O–H groups in total. The van der Waals surface area contributed by atoms with Crippen LogP contribution >= 0.6 is 0 Å². The van der Waals surface area contributed by atoms with Crippen LogP contribution in [0.5, 0.6) is 0 Å². The molecule has 0 aliphatic carbocycles. The van der Waals surface area contributed by atoms with Crippen molar-refractivity contribution in [3.63, 3.8) is 0 Å². The second-order valence-electron chi connectivity index (χ2n) is 6.63. The monoisotopic (exact) mass is 382 g/mol. The van der Waals surface area contributed by atoms with Gasteiger partial charge in [-0.05, 0) is 36.2 Å². The zero-order valence-electron chi connectivity index (χ0n) is 15.3. The summed E-state index contributed by atoms with van der Waals surface area (Å²) in [5.41, 5.74) is 0.426. The van der Waals surface area contributed by atoms with Crippen LogP contribution in [0.4, 0.5) is 10.1 Å². The first kappa shape index (κ1) is 19.2. The Morgan fingerprint density at radius 3 is 2.61 bits per heavy atom. The topological polar surface area (TPSA) is 104 Å². The first-order chi connectivity index (χ1) is 13.4. The minimum atomic E-state index is -0.894. The van der Waals surface area contributed by atoms with Gasteiger partial charge in [-0.1, -0.05) is 26.0 Å². The van der Waals surface area contributed by atoms with Gasteiger partial charge >= 0.3 is 0 Å². The molecule has 1 unspecified atom stereocenters. The second-order valence-corrected chi connectivity index (χ2v) is 6.63. The van der Waals surface area contributed by atoms with Gasteiger partial charge in [0, 0.05) is 5.69 Å². The summed E-state index contributed by atoms with van der Waals surface area (Å²) in [6.45, 7) is 3.53. The summed E-state index contributed by atoms with van der Waals surface area (Å²) in [5.74, 6) is -2.06. The quantitative estimate of drug-likeness (QED) is 0.630. The molecule has 28 heavy (non-hydrogen) atoms. The molecule has 7 nitrogen and oxygen atoms in total. The van der Waals surface area contributed by atoms with Gasteiger partial charge in [0.05, 0.1) is 22.8 Å². The number of hydrogen-bond acceptors (Lipinski definition) is 4. The number of carbonyl (C=O) groups excluding carboxylic acids is 2. The lowest BCUT2D eigenvalue weighted by atomic mass is 10.0. The number of aromatic amines is 1. The van der Waals surface area contributed by atoms with Crippen molar-refractivity contribution in [1.82, 2.24) is 15.3 Å². The average Bonchev–Trinajstić information content (AvgIpc) is 2.66. The Hall–Kier alpha value is -3.55. The van der Waals surface area contributed by atoms with Gasteiger partial charge in [-0.3, -0.25) is 14.4 Å². The Balaban J connectivity index is 1.80. The standard InChI is InChI=1S/C20H19FN4O3/c1-11(2)17(25-19(27)13-5-3-4-6-15(13)21)20(28)24-12-7-8-16-14(9-12)18(26)23-10-22-16/h3-11,17H,1-2H3,(H,24,28)(H,25,27)(H,22,23,26). The average molecular weight is 382 g/mol. The van der Waals surface area contributed by atoms with E-state index in [0.29, 0.717) is 16.6 Å². The number of halogens is 1. The number of anilines is 1. The maximum Gasteiger partial charge on any atom is 0.258 e. The lowest BCUT2D eigenvalue weighted by Gasteiger charge is -2.22. The molecule has 0 saturated heterocycles. The van der Waals surface area contributed by atoms with E-state index >= 15 is 0 Å². The van der Waals surface area contributed by atoms with Crippen LogP contribution in [0.2, 0.25) is 0 Å². The van der Waals surface area contributed by atoms with Crippen LogP contribution < -0.4 is 16.2 Å². The molecule has 144 valence electrons. The van der Waals surface area contributed by atoms with Crippen molar-refractivity contribution in [3.05, 3.63) is 70.5 Å². The SMILES string of the molecule is CC(C)C(NC(=O)c1ccccc1F)C(=O)Nc1ccc2nc[nH]c(=O)c2c1. The highest BCUT2D eigenvalue weighted by Gasteiger charge is 2.26. The van der Waals surface area contributed by atoms with E-state index in [0.717, 1.165) is 0 Å². The summed E-state index contributed by atoms with van der Waals surface area (Å²) in [7, 11) is 0. The number of rotatable bonds is 5. The van der Waals surface area contributed by atoms with Crippen molar-refractivity contribution in [1.29, 1.82) is 0 Å². The van der Waals surface area contributed by atoms with Crippen LogP contribution in [0.1, 0.15) is 24.2 Å². The maximum absolute atomic E-state index is 13.8. The third-order valence-corrected chi connectivity index (χ3v) is 4.26. The molecule has 0 radical (unpaired) electrons. The van der Waals surface area contributed by atoms with Crippen molar-refractivity contribution in [2.24, 2.45) is 5.92 Å². The zero-order valence-corrected chi connectivity index (χ0v) is 15.3. The Bertz CT molecular complexity index is 1090. The number of benzene rings is 2. The molecule has 1 heterocycles. The minimum Gasteiger partial charge on any atom is -0.340 e. The van der Waals surface area contributed by atoms with Crippen molar-refractivity contribution >= 4 is 28.4 Å². The maximum atomic E-state index is 13.8. The van der Waals surface area contributed by atoms with Gasteiger partial charge in [-0.25, -0.2) is 9.37 Å². The van der Waals surface area contributed by atoms with E-state index in [1.807, 2.05) is 0 Å². The zero-order chi connectivity index (χ0) is 20.3. The van der Waals surface area contributed by atoms with Crippen LogP contribution in [-0.2, 0) is 4.79 Å². The first-order valence-corrected chi connectivity index (χ1v) is 8.70. The van der Waals surface area contributed by atoms with Gasteiger partial charge in [0.25, 0.3) is 11.5 Å². The smallest absolute Gasteiger partial charge is 0.258 e. The predicted molar refractivity (Wildman–Crippen MR) is 103 cm³/mol. The fraction of sp³-hybridized carbons (Fsp3) is 0.200. The van der Waals surface area contributed by atoms with E-state index < -0.39 is 23.7 Å². The Labute approximate surface area is 160 Å². The molecule has 0 saturated carbocycles. The molecule has 3 rings (SSSR count). The number of H-pyrrole nitrogens is 1. The van der Waals surface area contributed by atoms with Crippen molar-refractivity contribution in [2.45, 2.75) is 19.9 Å². The molecule has 3 aromatic rings. The van der Waals surface area contributed by atoms with Crippen molar-refractivity contribution in [3.8, 4) is 0 Å². The predicted octanol–water partition coefficient (Wildman–Crippen LogP) is 2.46. The fourth-order valence-electron chi connectivity index (χ4n) is 2.77. The van der Waals surface area contributed by atoms with Gasteiger partial charge < -0.3 is 15.6 Å². The van der Waals surface area contributed by atoms with E-state index in [2.05, 4.69) is 20.6 Å². The van der Waals surface area contributed by atoms with Crippen LogP contribution in [0.3, 0.4) is 0 Å². The third-order valence-electron chi connectivity index (χ3n) is 4.26. The molecule has 0 aliphatic heterocycles. The second kappa shape index (κ2) is 7.99. The molecule has 1 aromatic heterocycles. The molecule has 0 bridgehead atoms. The fourth-order valence-corrected chi connectivity index (χ4v) is 2.77. The largest absolute Gasteiger partial charge is 0.340 e. The highest BCUT2D eigenvalue weighted by molar-refractivity contribution is 6.02. The highest BCUT2D eigenvalue weighted by Crippen LogP contribution is 2.16. The number of aromatic nitrogens is 2. The van der Waals surface area contributed by atoms with Gasteiger partial charge in [0.15, 0.2) is 0 Å². The summed E-state index contributed by atoms with van der Waals surface area (Å²) in [5, 5.41) is 5.59. The van der Waals surface area contributed by atoms with Crippen molar-refractivity contribution in [2.75, 3.05) is 5.32 Å². The molecule has 0 spiro atoms. The number of fused-ring (bicyclic) bond motifs is 1. The van der Waals surface area contributed by atoms with Crippen LogP contribution in [0.25, 0.3) is 10.9 Å². The Kier molecular flexibility index (Phi) is 5.49. The minimum absolute atomic E-state index is 0.135. The number of nitrogens with one attached hydrogen (secondary N) is 3. The molecule has 8 heteroatoms. The van der Waals surface area contributed by atoms with Gasteiger partial charge in [-0.15, -0.1) is 0 Å². The summed E-state index contributed by atoms with van der Waals surface area (Å²) in [6.07, 6.45) is 1.30. The number of hydrogen-bond donors (Lipinski definition) is 3. The van der Waals surface area contributed by atoms with Crippen LogP contribution in [0, 0.1) is 11.7 Å². The highest BCUT2D eigenvalue weighted by atomic mass is 19.1. The number of nitrogens with zero attached hydrogens (tertiary/aromatic N) is 1. The first-order valence-electron chi connectivity index (χ1n) is 8.70. The van der Waals surface area contributed by atoms with Crippen LogP contribution in [-0.4, -0.2) is 27.8 Å². The van der Waals surface area contributed by atoms with Gasteiger partial charge in [-0.2, -0.15) is 0 Å². The lowest BCUT2D eigenvalue weighted by Crippen LogP contribution is -2.47. The molecule has 0 fully saturated rings. The molecule has 0 aliphatic rings. The molecule has 2 aromatic carbocycles. The summed E-state index contributed by atoms with van der Waals surface area (Å²) in [6, 6.07) is 9.40. The summed E-state index contributed by atoms with van der Waals surface area (Å²) in [4.78, 5) is 43.5. The number of carbonyl (C=O) groups is 2. The van der Waals surface area contributed by atoms with Gasteiger partial charge in [0.1, 0.15) is 11.9 Å². The van der Waals surface area contributed by atoms with E-state index in [9.17, 15) is 18.8 Å². The molecular formula is C20H19FN4O3. The third kappa shape index (κ3) is 4.06. The van der Waals surface area contributed by atoms with E-state index in [-0.39, 0.29) is 17.0 Å². The van der Waals surface area contributed by atoms with Crippen molar-refractivity contribution < 1.29 is 14.0 Å². The molecule has 1 atom stereocenters. The van der Waals surface area contributed by atoms with E-state index in [1.165, 1.54) is 30.6 Å². The summed E-state index contributed by atoms with van der Waals surface area (Å²) >= 11 is 0. The van der Waals surface area contributed by atoms with Gasteiger partial charge in [0.2, 0.25) is 5.91 Å². The number of amides is 2. The Morgan fingerprint density at radius 2 is 1.89 bits per heavy atom. The molecule has 2 amide bonds. The normalized spacial score (nSPS) is 12.0. The van der Waals surface area contributed by atoms with E-state index in [4.69, 9.17) is 0 Å². The van der Waals surface area contributed by atoms with E-state index in [1.54, 1.807) is 32.0 Å². The van der Waals surface area contributed by atoms with Crippen LogP contribution in [0.15, 0.2) is 53.6 Å². The lowest BCUT2D eigenvalue weighted by molar-refractivity contribution is -0.118.